The van der Waals surface area contributed by atoms with Crippen LogP contribution in [0.2, 0.25) is 0 Å². The number of allylic oxidation sites excluding steroid dienone is 1. The second kappa shape index (κ2) is 11.5. The summed E-state index contributed by atoms with van der Waals surface area (Å²) < 4.78 is 19.6. The van der Waals surface area contributed by atoms with E-state index in [0.29, 0.717) is 31.0 Å². The normalized spacial score (nSPS) is 30.6. The molecule has 6 rings (SSSR count). The molecule has 0 bridgehead atoms. The van der Waals surface area contributed by atoms with Gasteiger partial charge in [0.15, 0.2) is 12.5 Å². The topological polar surface area (TPSA) is 135 Å². The summed E-state index contributed by atoms with van der Waals surface area (Å²) in [5.74, 6) is 0.222. The molecule has 3 N–H and O–H groups in total. The predicted octanol–water partition coefficient (Wildman–Crippen LogP) is 3.98. The Morgan fingerprint density at radius 3 is 2.70 bits per heavy atom. The zero-order chi connectivity index (χ0) is 27.6. The van der Waals surface area contributed by atoms with Gasteiger partial charge in [-0.15, -0.1) is 0 Å². The molecule has 40 heavy (non-hydrogen) atoms. The average molecular weight is 550 g/mol. The van der Waals surface area contributed by atoms with E-state index in [1.807, 2.05) is 54.4 Å². The Labute approximate surface area is 232 Å². The fraction of sp³-hybridized carbons (Fsp3) is 0.517. The minimum Gasteiger partial charge on any atom is -0.481 e. The molecule has 3 aliphatic heterocycles. The molecule has 4 heterocycles. The summed E-state index contributed by atoms with van der Waals surface area (Å²) in [4.78, 5) is 34.8. The van der Waals surface area contributed by atoms with Crippen molar-refractivity contribution < 1.29 is 28.9 Å². The van der Waals surface area contributed by atoms with Crippen LogP contribution < -0.4 is 15.5 Å². The number of amides is 2. The van der Waals surface area contributed by atoms with Crippen molar-refractivity contribution in [3.8, 4) is 0 Å². The molecule has 1 saturated carbocycles. The first-order valence-corrected chi connectivity index (χ1v) is 14.1. The van der Waals surface area contributed by atoms with E-state index in [9.17, 15) is 14.7 Å². The third kappa shape index (κ3) is 5.16. The lowest BCUT2D eigenvalue weighted by Gasteiger charge is -2.33. The Bertz CT molecular complexity index is 1260. The van der Waals surface area contributed by atoms with Gasteiger partial charge in [0.2, 0.25) is 0 Å². The monoisotopic (exact) mass is 549 g/mol. The second-order valence-corrected chi connectivity index (χ2v) is 10.7. The Balaban J connectivity index is 1.25. The maximum absolute atomic E-state index is 12.2. The summed E-state index contributed by atoms with van der Waals surface area (Å²) in [5, 5.41) is 15.2. The van der Waals surface area contributed by atoms with Gasteiger partial charge in [-0.05, 0) is 44.9 Å². The van der Waals surface area contributed by atoms with Gasteiger partial charge >= 0.3 is 12.0 Å². The number of aliphatic carboxylic acids is 1. The molecule has 1 aromatic heterocycles. The van der Waals surface area contributed by atoms with E-state index in [1.54, 1.807) is 0 Å². The lowest BCUT2D eigenvalue weighted by Crippen LogP contribution is -2.42. The van der Waals surface area contributed by atoms with Crippen LogP contribution in [0.4, 0.5) is 16.4 Å². The number of carboxylic acids is 1. The Morgan fingerprint density at radius 1 is 1.07 bits per heavy atom. The number of rotatable bonds is 8. The first-order valence-electron chi connectivity index (χ1n) is 14.1. The fourth-order valence-electron chi connectivity index (χ4n) is 6.44. The number of carbonyl (C=O) groups excluding carboxylic acids is 1. The molecule has 2 saturated heterocycles. The highest BCUT2D eigenvalue weighted by Crippen LogP contribution is 2.45. The number of nitrogens with one attached hydrogen (secondary N) is 2. The lowest BCUT2D eigenvalue weighted by molar-refractivity contribution is -0.143. The summed E-state index contributed by atoms with van der Waals surface area (Å²) in [7, 11) is 0. The molecular weight excluding hydrogens is 514 g/mol. The first-order chi connectivity index (χ1) is 19.5. The van der Waals surface area contributed by atoms with Crippen LogP contribution in [0.25, 0.3) is 0 Å². The van der Waals surface area contributed by atoms with Gasteiger partial charge in [-0.2, -0.15) is 0 Å². The number of ether oxygens (including phenoxy) is 3. The van der Waals surface area contributed by atoms with Crippen LogP contribution in [-0.4, -0.2) is 58.2 Å². The van der Waals surface area contributed by atoms with Gasteiger partial charge < -0.3 is 29.5 Å². The molecule has 11 nitrogen and oxygen atoms in total. The number of urea groups is 1. The van der Waals surface area contributed by atoms with E-state index in [0.717, 1.165) is 36.8 Å². The molecular formula is C29H35N5O6. The predicted molar refractivity (Wildman–Crippen MR) is 145 cm³/mol. The highest BCUT2D eigenvalue weighted by atomic mass is 16.8. The summed E-state index contributed by atoms with van der Waals surface area (Å²) in [6, 6.07) is 9.50. The van der Waals surface area contributed by atoms with Crippen molar-refractivity contribution in [2.45, 2.75) is 76.3 Å². The van der Waals surface area contributed by atoms with E-state index in [4.69, 9.17) is 14.2 Å². The van der Waals surface area contributed by atoms with Gasteiger partial charge in [-0.3, -0.25) is 10.1 Å². The third-order valence-corrected chi connectivity index (χ3v) is 8.32. The largest absolute Gasteiger partial charge is 0.481 e. The first kappa shape index (κ1) is 26.7. The molecule has 0 radical (unpaired) electrons. The number of hydrogen-bond donors (Lipinski definition) is 3. The molecule has 4 aliphatic rings. The molecule has 212 valence electrons. The number of anilines is 2. The number of carbonyl (C=O) groups is 2. The van der Waals surface area contributed by atoms with Gasteiger partial charge in [0, 0.05) is 23.9 Å². The van der Waals surface area contributed by atoms with Crippen LogP contribution in [0, 0.1) is 11.8 Å². The maximum atomic E-state index is 12.2. The Morgan fingerprint density at radius 2 is 1.90 bits per heavy atom. The second-order valence-electron chi connectivity index (χ2n) is 10.7. The van der Waals surface area contributed by atoms with Crippen LogP contribution in [-0.2, 0) is 25.4 Å². The summed E-state index contributed by atoms with van der Waals surface area (Å²) in [6.07, 6.45) is 7.89. The van der Waals surface area contributed by atoms with Crippen LogP contribution >= 0.6 is 0 Å². The molecule has 1 aliphatic carbocycles. The van der Waals surface area contributed by atoms with Crippen molar-refractivity contribution >= 4 is 23.6 Å². The van der Waals surface area contributed by atoms with Crippen LogP contribution in [0.15, 0.2) is 48.9 Å². The summed E-state index contributed by atoms with van der Waals surface area (Å²) in [5.41, 5.74) is 1.72. The molecule has 2 aromatic rings. The Hall–Kier alpha value is -3.54. The van der Waals surface area contributed by atoms with Crippen molar-refractivity contribution in [3.05, 3.63) is 60.1 Å². The third-order valence-electron chi connectivity index (χ3n) is 8.32. The molecule has 6 unspecified atom stereocenters. The van der Waals surface area contributed by atoms with E-state index >= 15 is 0 Å². The standard InChI is InChI=1S/C29H35N5O6/c1-2-30-29(37)33-24-20-12-7-15-34(25(20)32-16-31-24)26-23-22(39-28(40-23)18-8-4-3-5-9-18)21(38-26)14-13-17-10-6-11-19(17)27(35)36/h3-5,7-9,15-17,19,21-23,26,28H,2,6,10-14H2,1H3,(H,35,36)(H2,30,31,32,33,37)/t17?,19?,21?,22?,23?,26?,28-/m0/s1. The molecule has 3 fully saturated rings. The van der Waals surface area contributed by atoms with E-state index < -0.39 is 24.6 Å². The van der Waals surface area contributed by atoms with Gasteiger partial charge in [0.05, 0.1) is 12.0 Å². The van der Waals surface area contributed by atoms with Gasteiger partial charge in [-0.25, -0.2) is 14.8 Å². The van der Waals surface area contributed by atoms with Crippen molar-refractivity contribution in [3.63, 3.8) is 0 Å². The van der Waals surface area contributed by atoms with Crippen molar-refractivity contribution in [2.24, 2.45) is 11.8 Å². The maximum Gasteiger partial charge on any atom is 0.320 e. The van der Waals surface area contributed by atoms with Crippen LogP contribution in [0.3, 0.4) is 0 Å². The van der Waals surface area contributed by atoms with E-state index in [-0.39, 0.29) is 30.1 Å². The quantitative estimate of drug-likeness (QED) is 0.447. The van der Waals surface area contributed by atoms with Gasteiger partial charge in [0.25, 0.3) is 0 Å². The number of fused-ring (bicyclic) bond motifs is 2. The lowest BCUT2D eigenvalue weighted by atomic mass is 9.89. The molecule has 1 aromatic carbocycles. The minimum atomic E-state index is -0.707. The van der Waals surface area contributed by atoms with Gasteiger partial charge in [-0.1, -0.05) is 42.8 Å². The SMILES string of the molecule is CCNC(=O)Nc1ncnc2c1CC=CN2C1OC(CCC2CCCC2C(=O)O)C2O[C@H](c3ccccc3)OC21. The number of carboxylic acid groups (broad SMARTS) is 1. The smallest absolute Gasteiger partial charge is 0.320 e. The number of nitrogens with zero attached hydrogens (tertiary/aromatic N) is 3. The molecule has 7 atom stereocenters. The summed E-state index contributed by atoms with van der Waals surface area (Å²) >= 11 is 0. The zero-order valence-electron chi connectivity index (χ0n) is 22.4. The highest BCUT2D eigenvalue weighted by molar-refractivity contribution is 5.89. The molecule has 0 spiro atoms. The number of benzene rings is 1. The van der Waals surface area contributed by atoms with Crippen molar-refractivity contribution in [1.82, 2.24) is 15.3 Å². The zero-order valence-corrected chi connectivity index (χ0v) is 22.4. The fourth-order valence-corrected chi connectivity index (χ4v) is 6.44. The van der Waals surface area contributed by atoms with Crippen molar-refractivity contribution in [1.29, 1.82) is 0 Å². The minimum absolute atomic E-state index is 0.136. The van der Waals surface area contributed by atoms with E-state index in [2.05, 4.69) is 20.6 Å². The average Bonchev–Trinajstić information content (AvgIpc) is 3.69. The number of aromatic nitrogens is 2. The summed E-state index contributed by atoms with van der Waals surface area (Å²) in [6.45, 7) is 2.35. The number of hydrogen-bond acceptors (Lipinski definition) is 8. The molecule has 2 amide bonds. The van der Waals surface area contributed by atoms with Crippen LogP contribution in [0.1, 0.15) is 56.4 Å². The van der Waals surface area contributed by atoms with E-state index in [1.165, 1.54) is 6.33 Å². The van der Waals surface area contributed by atoms with Gasteiger partial charge in [0.1, 0.15) is 30.2 Å². The van der Waals surface area contributed by atoms with Crippen LogP contribution in [0.5, 0.6) is 0 Å². The molecule has 11 heteroatoms. The van der Waals surface area contributed by atoms with Crippen molar-refractivity contribution in [2.75, 3.05) is 16.8 Å². The Kier molecular flexibility index (Phi) is 7.68. The highest BCUT2D eigenvalue weighted by Gasteiger charge is 2.55.